The standard InChI is InChI=1S/C27H36N4O5/c1-35-16-22-17-36-14-13-31(22)25(33)29-12-11-27(34,26(18-29)9-5-6-10-26)19-30-20-28-23(15-24(30)32)21-7-3-2-4-8-21/h2-4,7-8,15,20,22,34H,5-6,9-14,16-19H2,1H3. The molecule has 1 spiro atoms. The third-order valence-corrected chi connectivity index (χ3v) is 8.32. The van der Waals surface area contributed by atoms with E-state index in [9.17, 15) is 14.7 Å². The van der Waals surface area contributed by atoms with E-state index >= 15 is 0 Å². The third-order valence-electron chi connectivity index (χ3n) is 8.32. The van der Waals surface area contributed by atoms with Crippen LogP contribution < -0.4 is 5.56 Å². The van der Waals surface area contributed by atoms with Gasteiger partial charge in [0.2, 0.25) is 0 Å². The number of amides is 2. The molecule has 2 unspecified atom stereocenters. The summed E-state index contributed by atoms with van der Waals surface area (Å²) in [6.07, 6.45) is 5.66. The van der Waals surface area contributed by atoms with Crippen molar-refractivity contribution in [2.24, 2.45) is 5.41 Å². The minimum atomic E-state index is -1.09. The maximum atomic E-state index is 13.6. The average Bonchev–Trinajstić information content (AvgIpc) is 3.38. The Bertz CT molecular complexity index is 1110. The van der Waals surface area contributed by atoms with Gasteiger partial charge in [0.1, 0.15) is 0 Å². The number of carbonyl (C=O) groups excluding carboxylic acids is 1. The van der Waals surface area contributed by atoms with E-state index in [-0.39, 0.29) is 24.2 Å². The van der Waals surface area contributed by atoms with Gasteiger partial charge in [-0.25, -0.2) is 9.78 Å². The number of hydrogen-bond acceptors (Lipinski definition) is 6. The van der Waals surface area contributed by atoms with Gasteiger partial charge in [0.15, 0.2) is 0 Å². The number of hydrogen-bond donors (Lipinski definition) is 1. The molecule has 194 valence electrons. The van der Waals surface area contributed by atoms with Crippen LogP contribution in [0.2, 0.25) is 0 Å². The van der Waals surface area contributed by atoms with E-state index in [2.05, 4.69) is 4.98 Å². The van der Waals surface area contributed by atoms with Crippen LogP contribution in [0.1, 0.15) is 32.1 Å². The molecule has 2 atom stereocenters. The molecule has 2 aliphatic heterocycles. The van der Waals surface area contributed by atoms with Gasteiger partial charge < -0.3 is 24.4 Å². The van der Waals surface area contributed by atoms with Crippen molar-refractivity contribution in [2.75, 3.05) is 46.6 Å². The smallest absolute Gasteiger partial charge is 0.320 e. The zero-order chi connectivity index (χ0) is 25.2. The van der Waals surface area contributed by atoms with Crippen LogP contribution in [0.5, 0.6) is 0 Å². The van der Waals surface area contributed by atoms with Gasteiger partial charge in [-0.05, 0) is 19.3 Å². The van der Waals surface area contributed by atoms with Crippen LogP contribution in [-0.2, 0) is 16.0 Å². The predicted octanol–water partition coefficient (Wildman–Crippen LogP) is 2.37. The number of nitrogens with zero attached hydrogens (tertiary/aromatic N) is 4. The van der Waals surface area contributed by atoms with Crippen LogP contribution in [0.15, 0.2) is 47.5 Å². The SMILES string of the molecule is COCC1COCCN1C(=O)N1CCC(O)(Cn2cnc(-c3ccccc3)cc2=O)C2(CCCC2)C1. The first-order chi connectivity index (χ1) is 17.4. The Morgan fingerprint density at radius 1 is 1.19 bits per heavy atom. The van der Waals surface area contributed by atoms with E-state index < -0.39 is 11.0 Å². The summed E-state index contributed by atoms with van der Waals surface area (Å²) in [5, 5.41) is 12.1. The van der Waals surface area contributed by atoms with Crippen molar-refractivity contribution in [3.05, 3.63) is 53.1 Å². The number of benzene rings is 1. The van der Waals surface area contributed by atoms with Gasteiger partial charge in [0.25, 0.3) is 5.56 Å². The molecule has 0 radical (unpaired) electrons. The number of likely N-dealkylation sites (tertiary alicyclic amines) is 1. The van der Waals surface area contributed by atoms with Crippen LogP contribution in [0.4, 0.5) is 4.79 Å². The summed E-state index contributed by atoms with van der Waals surface area (Å²) >= 11 is 0. The molecule has 1 aliphatic carbocycles. The van der Waals surface area contributed by atoms with Crippen molar-refractivity contribution in [2.45, 2.75) is 50.3 Å². The molecule has 9 heteroatoms. The maximum Gasteiger partial charge on any atom is 0.320 e. The van der Waals surface area contributed by atoms with Crippen molar-refractivity contribution in [1.29, 1.82) is 0 Å². The highest BCUT2D eigenvalue weighted by Gasteiger charge is 2.56. The van der Waals surface area contributed by atoms with Gasteiger partial charge in [-0.3, -0.25) is 9.36 Å². The highest BCUT2D eigenvalue weighted by atomic mass is 16.5. The van der Waals surface area contributed by atoms with Crippen molar-refractivity contribution < 1.29 is 19.4 Å². The molecular weight excluding hydrogens is 460 g/mol. The molecule has 3 aliphatic rings. The lowest BCUT2D eigenvalue weighted by atomic mass is 9.66. The Labute approximate surface area is 211 Å². The first kappa shape index (κ1) is 24.9. The summed E-state index contributed by atoms with van der Waals surface area (Å²) in [4.78, 5) is 34.9. The van der Waals surface area contributed by atoms with Gasteiger partial charge in [0.05, 0.1) is 50.0 Å². The molecule has 5 rings (SSSR count). The number of urea groups is 1. The van der Waals surface area contributed by atoms with Crippen LogP contribution >= 0.6 is 0 Å². The molecule has 36 heavy (non-hydrogen) atoms. The van der Waals surface area contributed by atoms with Crippen LogP contribution in [-0.4, -0.2) is 88.7 Å². The number of aromatic nitrogens is 2. The van der Waals surface area contributed by atoms with E-state index in [4.69, 9.17) is 9.47 Å². The molecule has 3 heterocycles. The Morgan fingerprint density at radius 2 is 1.97 bits per heavy atom. The van der Waals surface area contributed by atoms with E-state index in [0.29, 0.717) is 51.6 Å². The number of ether oxygens (including phenoxy) is 2. The zero-order valence-electron chi connectivity index (χ0n) is 21.0. The molecule has 0 bridgehead atoms. The Kier molecular flexibility index (Phi) is 7.14. The molecule has 2 aromatic rings. The minimum absolute atomic E-state index is 0.0141. The molecule has 3 fully saturated rings. The molecule has 1 aromatic heterocycles. The van der Waals surface area contributed by atoms with Gasteiger partial charge in [-0.15, -0.1) is 0 Å². The number of carbonyl (C=O) groups is 1. The average molecular weight is 497 g/mol. The Balaban J connectivity index is 1.35. The number of aliphatic hydroxyl groups is 1. The molecule has 2 amide bonds. The second-order valence-corrected chi connectivity index (χ2v) is 10.5. The van der Waals surface area contributed by atoms with Crippen LogP contribution in [0, 0.1) is 5.41 Å². The Hall–Kier alpha value is -2.75. The normalized spacial score (nSPS) is 25.9. The van der Waals surface area contributed by atoms with Crippen molar-refractivity contribution >= 4 is 6.03 Å². The monoisotopic (exact) mass is 496 g/mol. The first-order valence-corrected chi connectivity index (χ1v) is 12.9. The van der Waals surface area contributed by atoms with Crippen molar-refractivity contribution in [1.82, 2.24) is 19.4 Å². The summed E-state index contributed by atoms with van der Waals surface area (Å²) in [5.41, 5.74) is -0.205. The van der Waals surface area contributed by atoms with Gasteiger partial charge in [-0.2, -0.15) is 0 Å². The van der Waals surface area contributed by atoms with Crippen molar-refractivity contribution in [3.63, 3.8) is 0 Å². The molecule has 1 N–H and O–H groups in total. The molecule has 2 saturated heterocycles. The van der Waals surface area contributed by atoms with Gasteiger partial charge >= 0.3 is 6.03 Å². The van der Waals surface area contributed by atoms with E-state index in [0.717, 1.165) is 31.2 Å². The zero-order valence-corrected chi connectivity index (χ0v) is 21.0. The fourth-order valence-electron chi connectivity index (χ4n) is 6.27. The number of methoxy groups -OCH3 is 1. The lowest BCUT2D eigenvalue weighted by Crippen LogP contribution is -2.65. The quantitative estimate of drug-likeness (QED) is 0.683. The van der Waals surface area contributed by atoms with Gasteiger partial charge in [0, 0.05) is 43.8 Å². The molecule has 9 nitrogen and oxygen atoms in total. The second kappa shape index (κ2) is 10.3. The minimum Gasteiger partial charge on any atom is -0.387 e. The van der Waals surface area contributed by atoms with Gasteiger partial charge in [-0.1, -0.05) is 43.2 Å². The highest BCUT2D eigenvalue weighted by molar-refractivity contribution is 5.75. The van der Waals surface area contributed by atoms with E-state index in [1.807, 2.05) is 40.1 Å². The highest BCUT2D eigenvalue weighted by Crippen LogP contribution is 2.51. The van der Waals surface area contributed by atoms with E-state index in [1.54, 1.807) is 13.4 Å². The number of morpholine rings is 1. The summed E-state index contributed by atoms with van der Waals surface area (Å²) in [5.74, 6) is 0. The summed E-state index contributed by atoms with van der Waals surface area (Å²) in [7, 11) is 1.63. The number of rotatable bonds is 5. The largest absolute Gasteiger partial charge is 0.387 e. The fraction of sp³-hybridized carbons (Fsp3) is 0.593. The lowest BCUT2D eigenvalue weighted by Gasteiger charge is -2.53. The summed E-state index contributed by atoms with van der Waals surface area (Å²) in [6.45, 7) is 3.07. The molecule has 1 saturated carbocycles. The first-order valence-electron chi connectivity index (χ1n) is 12.9. The Morgan fingerprint density at radius 3 is 2.69 bits per heavy atom. The van der Waals surface area contributed by atoms with E-state index in [1.165, 1.54) is 10.6 Å². The fourth-order valence-corrected chi connectivity index (χ4v) is 6.27. The predicted molar refractivity (Wildman–Crippen MR) is 135 cm³/mol. The lowest BCUT2D eigenvalue weighted by molar-refractivity contribution is -0.138. The van der Waals surface area contributed by atoms with Crippen LogP contribution in [0.3, 0.4) is 0 Å². The third kappa shape index (κ3) is 4.67. The van der Waals surface area contributed by atoms with Crippen molar-refractivity contribution in [3.8, 4) is 11.3 Å². The number of piperidine rings is 1. The maximum absolute atomic E-state index is 13.6. The molecular formula is C27H36N4O5. The second-order valence-electron chi connectivity index (χ2n) is 10.5. The summed E-state index contributed by atoms with van der Waals surface area (Å²) < 4.78 is 12.4. The summed E-state index contributed by atoms with van der Waals surface area (Å²) in [6, 6.07) is 11.0. The molecule has 1 aromatic carbocycles. The van der Waals surface area contributed by atoms with Crippen LogP contribution in [0.25, 0.3) is 11.3 Å². The topological polar surface area (TPSA) is 97.1 Å².